The molecule has 0 saturated heterocycles. The van der Waals surface area contributed by atoms with Gasteiger partial charge in [-0.15, -0.1) is 0 Å². The highest BCUT2D eigenvalue weighted by molar-refractivity contribution is 5.76. The number of benzene rings is 1. The number of nitrogens with one attached hydrogen (secondary N) is 1. The molecular weight excluding hydrogens is 270 g/mol. The number of nitrogens with zero attached hydrogens (tertiary/aromatic N) is 3. The lowest BCUT2D eigenvalue weighted by atomic mass is 10.2. The van der Waals surface area contributed by atoms with Crippen LogP contribution >= 0.6 is 0 Å². The molecule has 0 bridgehead atoms. The maximum absolute atomic E-state index is 7.57. The molecule has 7 heteroatoms. The van der Waals surface area contributed by atoms with Crippen LogP contribution in [0.3, 0.4) is 0 Å². The maximum Gasteiger partial charge on any atom is 0.247 e. The normalized spacial score (nSPS) is 10.0. The molecular formula is C14H17N5O2. The number of anilines is 1. The Morgan fingerprint density at radius 1 is 1.24 bits per heavy atom. The molecule has 3 aromatic rings. The van der Waals surface area contributed by atoms with Gasteiger partial charge in [-0.3, -0.25) is 0 Å². The number of ether oxygens (including phenoxy) is 1. The first-order chi connectivity index (χ1) is 10.2. The fraction of sp³-hybridized carbons (Fsp3) is 0.214. The molecule has 0 fully saturated rings. The molecule has 0 radical (unpaired) electrons. The molecule has 0 aliphatic heterocycles. The zero-order chi connectivity index (χ0) is 15.1. The molecule has 2 aromatic heterocycles. The first-order valence-corrected chi connectivity index (χ1v) is 6.48. The fourth-order valence-corrected chi connectivity index (χ4v) is 1.65. The number of H-pyrrole nitrogens is 1. The van der Waals surface area contributed by atoms with E-state index in [1.807, 2.05) is 30.3 Å². The average Bonchev–Trinajstić information content (AvgIpc) is 2.95. The predicted molar refractivity (Wildman–Crippen MR) is 79.6 cm³/mol. The minimum atomic E-state index is 0.162. The van der Waals surface area contributed by atoms with Crippen LogP contribution in [0.25, 0.3) is 11.2 Å². The van der Waals surface area contributed by atoms with E-state index in [4.69, 9.17) is 15.6 Å². The van der Waals surface area contributed by atoms with Crippen LogP contribution in [-0.4, -0.2) is 31.6 Å². The van der Waals surface area contributed by atoms with Crippen LogP contribution in [0.4, 0.5) is 5.95 Å². The standard InChI is InChI=1S/C12H11N5O.C2H6O/c13-12-16-10-9(14-7-15-10)11(17-12)18-6-8-4-2-1-3-5-8;1-2-3/h1-5,7H,6H2,(H3,13,14,15,16,17);3H,2H2,1H3. The smallest absolute Gasteiger partial charge is 0.247 e. The molecule has 7 nitrogen and oxygen atoms in total. The van der Waals surface area contributed by atoms with E-state index < -0.39 is 0 Å². The average molecular weight is 287 g/mol. The molecule has 0 amide bonds. The number of aromatic nitrogens is 4. The summed E-state index contributed by atoms with van der Waals surface area (Å²) >= 11 is 0. The second-order valence-corrected chi connectivity index (χ2v) is 4.08. The Kier molecular flexibility index (Phi) is 5.05. The zero-order valence-electron chi connectivity index (χ0n) is 11.7. The Morgan fingerprint density at radius 2 is 1.95 bits per heavy atom. The van der Waals surface area contributed by atoms with Gasteiger partial charge in [0.05, 0.1) is 6.33 Å². The van der Waals surface area contributed by atoms with Gasteiger partial charge in [0.15, 0.2) is 11.2 Å². The first-order valence-electron chi connectivity index (χ1n) is 6.48. The highest BCUT2D eigenvalue weighted by Crippen LogP contribution is 2.20. The number of imidazole rings is 1. The lowest BCUT2D eigenvalue weighted by molar-refractivity contribution is 0.297. The number of aromatic amines is 1. The number of aliphatic hydroxyl groups is 1. The summed E-state index contributed by atoms with van der Waals surface area (Å²) in [6.07, 6.45) is 1.54. The largest absolute Gasteiger partial charge is 0.471 e. The van der Waals surface area contributed by atoms with E-state index >= 15 is 0 Å². The van der Waals surface area contributed by atoms with Crippen LogP contribution < -0.4 is 10.5 Å². The van der Waals surface area contributed by atoms with Crippen molar-refractivity contribution in [3.05, 3.63) is 42.2 Å². The van der Waals surface area contributed by atoms with Gasteiger partial charge < -0.3 is 20.6 Å². The van der Waals surface area contributed by atoms with Crippen molar-refractivity contribution in [1.82, 2.24) is 19.9 Å². The molecule has 0 saturated carbocycles. The quantitative estimate of drug-likeness (QED) is 0.673. The molecule has 1 aromatic carbocycles. The summed E-state index contributed by atoms with van der Waals surface area (Å²) < 4.78 is 5.63. The summed E-state index contributed by atoms with van der Waals surface area (Å²) in [5, 5.41) is 7.57. The third-order valence-corrected chi connectivity index (χ3v) is 2.48. The Hall–Kier alpha value is -2.67. The summed E-state index contributed by atoms with van der Waals surface area (Å²) in [6.45, 7) is 2.35. The second-order valence-electron chi connectivity index (χ2n) is 4.08. The number of aliphatic hydroxyl groups excluding tert-OH is 1. The van der Waals surface area contributed by atoms with Crippen molar-refractivity contribution >= 4 is 17.1 Å². The third-order valence-electron chi connectivity index (χ3n) is 2.48. The molecule has 4 N–H and O–H groups in total. The lowest BCUT2D eigenvalue weighted by Crippen LogP contribution is -2.02. The van der Waals surface area contributed by atoms with Gasteiger partial charge >= 0.3 is 0 Å². The minimum Gasteiger partial charge on any atom is -0.471 e. The summed E-state index contributed by atoms with van der Waals surface area (Å²) in [7, 11) is 0. The van der Waals surface area contributed by atoms with E-state index in [-0.39, 0.29) is 12.6 Å². The minimum absolute atomic E-state index is 0.162. The van der Waals surface area contributed by atoms with Gasteiger partial charge in [0.1, 0.15) is 6.61 Å². The third kappa shape index (κ3) is 3.90. The van der Waals surface area contributed by atoms with Crippen molar-refractivity contribution in [3.63, 3.8) is 0 Å². The highest BCUT2D eigenvalue weighted by atomic mass is 16.5. The van der Waals surface area contributed by atoms with Gasteiger partial charge in [0.25, 0.3) is 0 Å². The molecule has 0 spiro atoms. The van der Waals surface area contributed by atoms with Crippen LogP contribution in [0.1, 0.15) is 12.5 Å². The van der Waals surface area contributed by atoms with Crippen LogP contribution in [-0.2, 0) is 6.61 Å². The maximum atomic E-state index is 7.57. The number of rotatable bonds is 3. The predicted octanol–water partition coefficient (Wildman–Crippen LogP) is 1.51. The molecule has 21 heavy (non-hydrogen) atoms. The van der Waals surface area contributed by atoms with Crippen molar-refractivity contribution in [2.24, 2.45) is 0 Å². The second kappa shape index (κ2) is 7.20. The zero-order valence-corrected chi connectivity index (χ0v) is 11.7. The fourth-order valence-electron chi connectivity index (χ4n) is 1.65. The number of nitrogens with two attached hydrogens (primary N) is 1. The van der Waals surface area contributed by atoms with Gasteiger partial charge in [0.2, 0.25) is 11.8 Å². The molecule has 0 aliphatic rings. The van der Waals surface area contributed by atoms with E-state index in [0.29, 0.717) is 23.7 Å². The topological polar surface area (TPSA) is 110 Å². The van der Waals surface area contributed by atoms with Crippen LogP contribution in [0.5, 0.6) is 5.88 Å². The van der Waals surface area contributed by atoms with Gasteiger partial charge in [0, 0.05) is 6.61 Å². The van der Waals surface area contributed by atoms with E-state index in [1.54, 1.807) is 6.92 Å². The SMILES string of the molecule is CCO.Nc1nc(OCc2ccccc2)c2nc[nH]c2n1. The lowest BCUT2D eigenvalue weighted by Gasteiger charge is -2.06. The van der Waals surface area contributed by atoms with Crippen LogP contribution in [0.15, 0.2) is 36.7 Å². The Balaban J connectivity index is 0.000000497. The molecule has 2 heterocycles. The van der Waals surface area contributed by atoms with Crippen molar-refractivity contribution in [3.8, 4) is 5.88 Å². The molecule has 3 rings (SSSR count). The van der Waals surface area contributed by atoms with E-state index in [1.165, 1.54) is 6.33 Å². The summed E-state index contributed by atoms with van der Waals surface area (Å²) in [6, 6.07) is 9.82. The Bertz CT molecular complexity index is 684. The van der Waals surface area contributed by atoms with Crippen molar-refractivity contribution in [1.29, 1.82) is 0 Å². The first kappa shape index (κ1) is 14.7. The van der Waals surface area contributed by atoms with E-state index in [0.717, 1.165) is 5.56 Å². The highest BCUT2D eigenvalue weighted by Gasteiger charge is 2.09. The Labute approximate surface area is 121 Å². The summed E-state index contributed by atoms with van der Waals surface area (Å²) in [4.78, 5) is 15.1. The number of nitrogen functional groups attached to an aromatic ring is 1. The number of hydrogen-bond donors (Lipinski definition) is 3. The van der Waals surface area contributed by atoms with Crippen molar-refractivity contribution in [2.45, 2.75) is 13.5 Å². The molecule has 0 atom stereocenters. The monoisotopic (exact) mass is 287 g/mol. The van der Waals surface area contributed by atoms with Gasteiger partial charge in [-0.25, -0.2) is 4.98 Å². The van der Waals surface area contributed by atoms with Crippen LogP contribution in [0, 0.1) is 0 Å². The number of fused-ring (bicyclic) bond motifs is 1. The Morgan fingerprint density at radius 3 is 2.67 bits per heavy atom. The van der Waals surface area contributed by atoms with Gasteiger partial charge in [-0.1, -0.05) is 30.3 Å². The summed E-state index contributed by atoms with van der Waals surface area (Å²) in [5.41, 5.74) is 7.81. The van der Waals surface area contributed by atoms with E-state index in [9.17, 15) is 0 Å². The van der Waals surface area contributed by atoms with Gasteiger partial charge in [-0.05, 0) is 12.5 Å². The van der Waals surface area contributed by atoms with E-state index in [2.05, 4.69) is 19.9 Å². The van der Waals surface area contributed by atoms with Crippen molar-refractivity contribution < 1.29 is 9.84 Å². The molecule has 0 aliphatic carbocycles. The van der Waals surface area contributed by atoms with Gasteiger partial charge in [-0.2, -0.15) is 9.97 Å². The molecule has 110 valence electrons. The van der Waals surface area contributed by atoms with Crippen molar-refractivity contribution in [2.75, 3.05) is 12.3 Å². The summed E-state index contributed by atoms with van der Waals surface area (Å²) in [5.74, 6) is 0.553. The molecule has 0 unspecified atom stereocenters. The van der Waals surface area contributed by atoms with Crippen LogP contribution in [0.2, 0.25) is 0 Å². The number of hydrogen-bond acceptors (Lipinski definition) is 6.